The second kappa shape index (κ2) is 5.62. The van der Waals surface area contributed by atoms with Gasteiger partial charge < -0.3 is 0 Å². The molecule has 0 aliphatic carbocycles. The van der Waals surface area contributed by atoms with Crippen LogP contribution in [0.2, 0.25) is 5.02 Å². The van der Waals surface area contributed by atoms with Gasteiger partial charge in [0.1, 0.15) is 10.0 Å². The highest BCUT2D eigenvalue weighted by atomic mass is 35.5. The third kappa shape index (κ3) is 3.17. The van der Waals surface area contributed by atoms with Crippen LogP contribution < -0.4 is 0 Å². The topological polar surface area (TPSA) is 25.8 Å². The second-order valence-electron chi connectivity index (χ2n) is 3.33. The Kier molecular flexibility index (Phi) is 4.16. The average molecular weight is 273 g/mol. The van der Waals surface area contributed by atoms with E-state index in [-0.39, 0.29) is 0 Å². The molecule has 16 heavy (non-hydrogen) atoms. The summed E-state index contributed by atoms with van der Waals surface area (Å²) in [6.07, 6.45) is 1.59. The largest absolute Gasteiger partial charge is 0.144 e. The SMILES string of the molecule is ClCCc1nnc(Cc2ccc(Cl)cc2)s1. The number of aryl methyl sites for hydroxylation is 1. The van der Waals surface area contributed by atoms with Crippen molar-refractivity contribution in [2.75, 3.05) is 5.88 Å². The first kappa shape index (κ1) is 11.8. The maximum Gasteiger partial charge on any atom is 0.121 e. The summed E-state index contributed by atoms with van der Waals surface area (Å²) in [5.74, 6) is 0.593. The van der Waals surface area contributed by atoms with Crippen LogP contribution in [0, 0.1) is 0 Å². The van der Waals surface area contributed by atoms with Crippen LogP contribution in [-0.2, 0) is 12.8 Å². The molecule has 1 aromatic carbocycles. The first-order valence-corrected chi connectivity index (χ1v) is 6.62. The van der Waals surface area contributed by atoms with E-state index in [1.807, 2.05) is 24.3 Å². The summed E-state index contributed by atoms with van der Waals surface area (Å²) in [5, 5.41) is 11.0. The lowest BCUT2D eigenvalue weighted by molar-refractivity contribution is 0.948. The van der Waals surface area contributed by atoms with Crippen molar-refractivity contribution in [3.05, 3.63) is 44.9 Å². The summed E-state index contributed by atoms with van der Waals surface area (Å²) in [6, 6.07) is 7.78. The van der Waals surface area contributed by atoms with Crippen molar-refractivity contribution in [2.45, 2.75) is 12.8 Å². The zero-order chi connectivity index (χ0) is 11.4. The molecule has 5 heteroatoms. The molecule has 2 aromatic rings. The van der Waals surface area contributed by atoms with E-state index in [2.05, 4.69) is 10.2 Å². The minimum absolute atomic E-state index is 0.593. The number of hydrogen-bond acceptors (Lipinski definition) is 3. The second-order valence-corrected chi connectivity index (χ2v) is 5.29. The lowest BCUT2D eigenvalue weighted by atomic mass is 10.2. The molecule has 0 aliphatic rings. The number of nitrogens with zero attached hydrogens (tertiary/aromatic N) is 2. The van der Waals surface area contributed by atoms with Crippen LogP contribution in [-0.4, -0.2) is 16.1 Å². The highest BCUT2D eigenvalue weighted by molar-refractivity contribution is 7.11. The van der Waals surface area contributed by atoms with Crippen LogP contribution in [0.25, 0.3) is 0 Å². The first-order valence-electron chi connectivity index (χ1n) is 4.89. The average Bonchev–Trinajstić information content (AvgIpc) is 2.70. The smallest absolute Gasteiger partial charge is 0.121 e. The third-order valence-electron chi connectivity index (χ3n) is 2.09. The molecule has 2 rings (SSSR count). The van der Waals surface area contributed by atoms with E-state index in [1.54, 1.807) is 11.3 Å². The fraction of sp³-hybridized carbons (Fsp3) is 0.273. The molecule has 0 unspecified atom stereocenters. The van der Waals surface area contributed by atoms with E-state index in [1.165, 1.54) is 5.56 Å². The number of alkyl halides is 1. The van der Waals surface area contributed by atoms with Gasteiger partial charge in [-0.15, -0.1) is 33.1 Å². The zero-order valence-electron chi connectivity index (χ0n) is 8.49. The molecule has 0 aliphatic heterocycles. The first-order chi connectivity index (χ1) is 7.78. The number of rotatable bonds is 4. The van der Waals surface area contributed by atoms with Gasteiger partial charge in [0, 0.05) is 23.7 Å². The molecule has 1 aromatic heterocycles. The van der Waals surface area contributed by atoms with Crippen molar-refractivity contribution < 1.29 is 0 Å². The molecule has 84 valence electrons. The van der Waals surface area contributed by atoms with Crippen LogP contribution in [0.4, 0.5) is 0 Å². The molecule has 0 fully saturated rings. The molecule has 0 saturated carbocycles. The normalized spacial score (nSPS) is 10.6. The van der Waals surface area contributed by atoms with Crippen molar-refractivity contribution in [1.29, 1.82) is 0 Å². The number of hydrogen-bond donors (Lipinski definition) is 0. The van der Waals surface area contributed by atoms with Gasteiger partial charge >= 0.3 is 0 Å². The Morgan fingerprint density at radius 2 is 1.75 bits per heavy atom. The van der Waals surface area contributed by atoms with Crippen LogP contribution in [0.1, 0.15) is 15.6 Å². The summed E-state index contributed by atoms with van der Waals surface area (Å²) in [6.45, 7) is 0. The fourth-order valence-corrected chi connectivity index (χ4v) is 2.61. The maximum atomic E-state index is 5.82. The summed E-state index contributed by atoms with van der Waals surface area (Å²) in [4.78, 5) is 0. The van der Waals surface area contributed by atoms with Gasteiger partial charge in [-0.05, 0) is 17.7 Å². The zero-order valence-corrected chi connectivity index (χ0v) is 10.8. The van der Waals surface area contributed by atoms with Gasteiger partial charge in [0.05, 0.1) is 0 Å². The van der Waals surface area contributed by atoms with E-state index in [4.69, 9.17) is 23.2 Å². The Balaban J connectivity index is 2.05. The Hall–Kier alpha value is -0.640. The van der Waals surface area contributed by atoms with Crippen molar-refractivity contribution in [1.82, 2.24) is 10.2 Å². The Morgan fingerprint density at radius 1 is 1.06 bits per heavy atom. The van der Waals surface area contributed by atoms with Crippen molar-refractivity contribution in [3.63, 3.8) is 0 Å². The van der Waals surface area contributed by atoms with Crippen molar-refractivity contribution >= 4 is 34.5 Å². The summed E-state index contributed by atoms with van der Waals surface area (Å²) >= 11 is 13.1. The predicted molar refractivity (Wildman–Crippen MR) is 68.6 cm³/mol. The maximum absolute atomic E-state index is 5.82. The van der Waals surface area contributed by atoms with Crippen LogP contribution in [0.3, 0.4) is 0 Å². The molecular formula is C11H10Cl2N2S. The van der Waals surface area contributed by atoms with Crippen LogP contribution in [0.5, 0.6) is 0 Å². The molecule has 2 nitrogen and oxygen atoms in total. The highest BCUT2D eigenvalue weighted by Gasteiger charge is 2.04. The van der Waals surface area contributed by atoms with Gasteiger partial charge in [-0.2, -0.15) is 0 Å². The van der Waals surface area contributed by atoms with Crippen LogP contribution in [0.15, 0.2) is 24.3 Å². The number of halogens is 2. The molecule has 1 heterocycles. The van der Waals surface area contributed by atoms with Gasteiger partial charge in [-0.3, -0.25) is 0 Å². The predicted octanol–water partition coefficient (Wildman–Crippen LogP) is 3.56. The number of benzene rings is 1. The minimum Gasteiger partial charge on any atom is -0.144 e. The van der Waals surface area contributed by atoms with E-state index < -0.39 is 0 Å². The summed E-state index contributed by atoms with van der Waals surface area (Å²) in [5.41, 5.74) is 1.19. The van der Waals surface area contributed by atoms with Gasteiger partial charge in [-0.25, -0.2) is 0 Å². The van der Waals surface area contributed by atoms with Gasteiger partial charge in [-0.1, -0.05) is 23.7 Å². The van der Waals surface area contributed by atoms with Gasteiger partial charge in [0.15, 0.2) is 0 Å². The quantitative estimate of drug-likeness (QED) is 0.796. The molecule has 0 saturated heterocycles. The molecule has 0 bridgehead atoms. The molecule has 0 atom stereocenters. The lowest BCUT2D eigenvalue weighted by Gasteiger charge is -1.96. The lowest BCUT2D eigenvalue weighted by Crippen LogP contribution is -1.86. The van der Waals surface area contributed by atoms with E-state index >= 15 is 0 Å². The molecule has 0 N–H and O–H groups in total. The fourth-order valence-electron chi connectivity index (χ4n) is 1.32. The van der Waals surface area contributed by atoms with E-state index in [9.17, 15) is 0 Å². The summed E-state index contributed by atoms with van der Waals surface area (Å²) < 4.78 is 0. The monoisotopic (exact) mass is 272 g/mol. The minimum atomic E-state index is 0.593. The molecule has 0 amide bonds. The van der Waals surface area contributed by atoms with Crippen molar-refractivity contribution in [3.8, 4) is 0 Å². The number of aromatic nitrogens is 2. The Morgan fingerprint density at radius 3 is 2.44 bits per heavy atom. The molecule has 0 spiro atoms. The molecule has 0 radical (unpaired) electrons. The van der Waals surface area contributed by atoms with E-state index in [0.29, 0.717) is 5.88 Å². The van der Waals surface area contributed by atoms with E-state index in [0.717, 1.165) is 27.9 Å². The summed E-state index contributed by atoms with van der Waals surface area (Å²) in [7, 11) is 0. The molecular weight excluding hydrogens is 263 g/mol. The third-order valence-corrected chi connectivity index (χ3v) is 3.51. The Bertz CT molecular complexity index is 453. The standard InChI is InChI=1S/C11H10Cl2N2S/c12-6-5-10-14-15-11(16-10)7-8-1-3-9(13)4-2-8/h1-4H,5-7H2. The van der Waals surface area contributed by atoms with Gasteiger partial charge in [0.2, 0.25) is 0 Å². The highest BCUT2D eigenvalue weighted by Crippen LogP contribution is 2.17. The Labute approximate surface area is 108 Å². The van der Waals surface area contributed by atoms with Gasteiger partial charge in [0.25, 0.3) is 0 Å². The van der Waals surface area contributed by atoms with Crippen LogP contribution >= 0.6 is 34.5 Å². The van der Waals surface area contributed by atoms with Crippen molar-refractivity contribution in [2.24, 2.45) is 0 Å².